The predicted molar refractivity (Wildman–Crippen MR) is 65.3 cm³/mol. The van der Waals surface area contributed by atoms with E-state index in [9.17, 15) is 18.0 Å². The SMILES string of the molecule is O=C(O)c1cc(CN2CCCC(C(F)(F)F)C2)ccn1. The number of aromatic nitrogens is 1. The van der Waals surface area contributed by atoms with Crippen LogP contribution in [0.2, 0.25) is 0 Å². The first kappa shape index (κ1) is 14.8. The molecule has 2 rings (SSSR count). The maximum atomic E-state index is 12.7. The number of alkyl halides is 3. The second-order valence-electron chi connectivity index (χ2n) is 4.97. The van der Waals surface area contributed by atoms with Gasteiger partial charge in [0.2, 0.25) is 0 Å². The third-order valence-corrected chi connectivity index (χ3v) is 3.42. The molecule has 1 unspecified atom stereocenters. The zero-order valence-corrected chi connectivity index (χ0v) is 10.7. The van der Waals surface area contributed by atoms with Gasteiger partial charge in [0.25, 0.3) is 0 Å². The highest BCUT2D eigenvalue weighted by Gasteiger charge is 2.41. The molecule has 1 aliphatic heterocycles. The van der Waals surface area contributed by atoms with Crippen molar-refractivity contribution >= 4 is 5.97 Å². The molecule has 110 valence electrons. The molecule has 0 aliphatic carbocycles. The van der Waals surface area contributed by atoms with E-state index in [1.165, 1.54) is 12.3 Å². The van der Waals surface area contributed by atoms with E-state index in [2.05, 4.69) is 4.98 Å². The number of halogens is 3. The van der Waals surface area contributed by atoms with Crippen molar-refractivity contribution in [2.45, 2.75) is 25.6 Å². The number of carbonyl (C=O) groups is 1. The van der Waals surface area contributed by atoms with E-state index < -0.39 is 18.1 Å². The van der Waals surface area contributed by atoms with Gasteiger partial charge in [-0.1, -0.05) is 0 Å². The number of piperidine rings is 1. The summed E-state index contributed by atoms with van der Waals surface area (Å²) in [6.07, 6.45) is -2.13. The first-order valence-corrected chi connectivity index (χ1v) is 6.33. The molecule has 0 amide bonds. The van der Waals surface area contributed by atoms with Gasteiger partial charge in [0.05, 0.1) is 5.92 Å². The highest BCUT2D eigenvalue weighted by molar-refractivity contribution is 5.85. The minimum absolute atomic E-state index is 0.0335. The first-order valence-electron chi connectivity index (χ1n) is 6.33. The van der Waals surface area contributed by atoms with Gasteiger partial charge in [-0.3, -0.25) is 4.90 Å². The van der Waals surface area contributed by atoms with Crippen LogP contribution >= 0.6 is 0 Å². The van der Waals surface area contributed by atoms with Crippen LogP contribution in [0, 0.1) is 5.92 Å². The summed E-state index contributed by atoms with van der Waals surface area (Å²) in [7, 11) is 0. The summed E-state index contributed by atoms with van der Waals surface area (Å²) >= 11 is 0. The molecule has 0 bridgehead atoms. The molecule has 0 radical (unpaired) electrons. The van der Waals surface area contributed by atoms with Gasteiger partial charge in [-0.2, -0.15) is 13.2 Å². The number of likely N-dealkylation sites (tertiary alicyclic amines) is 1. The van der Waals surface area contributed by atoms with Gasteiger partial charge in [0, 0.05) is 19.3 Å². The highest BCUT2D eigenvalue weighted by atomic mass is 19.4. The molecule has 1 fully saturated rings. The average Bonchev–Trinajstić information content (AvgIpc) is 2.38. The predicted octanol–water partition coefficient (Wildman–Crippen LogP) is 2.55. The number of rotatable bonds is 3. The Hall–Kier alpha value is -1.63. The Labute approximate surface area is 114 Å². The molecular weight excluding hydrogens is 273 g/mol. The van der Waals surface area contributed by atoms with Crippen LogP contribution in [0.5, 0.6) is 0 Å². The Kier molecular flexibility index (Phi) is 4.27. The van der Waals surface area contributed by atoms with Crippen molar-refractivity contribution in [2.24, 2.45) is 5.92 Å². The Morgan fingerprint density at radius 3 is 2.90 bits per heavy atom. The van der Waals surface area contributed by atoms with Crippen molar-refractivity contribution in [1.29, 1.82) is 0 Å². The molecule has 1 N–H and O–H groups in total. The van der Waals surface area contributed by atoms with Gasteiger partial charge in [-0.25, -0.2) is 9.78 Å². The lowest BCUT2D eigenvalue weighted by Crippen LogP contribution is -2.41. The van der Waals surface area contributed by atoms with Gasteiger partial charge >= 0.3 is 12.1 Å². The zero-order chi connectivity index (χ0) is 14.8. The summed E-state index contributed by atoms with van der Waals surface area (Å²) in [5.41, 5.74) is 0.576. The fourth-order valence-corrected chi connectivity index (χ4v) is 2.41. The summed E-state index contributed by atoms with van der Waals surface area (Å²) in [5.74, 6) is -2.43. The monoisotopic (exact) mass is 288 g/mol. The Bertz CT molecular complexity index is 491. The summed E-state index contributed by atoms with van der Waals surface area (Å²) in [6, 6.07) is 3.03. The lowest BCUT2D eigenvalue weighted by Gasteiger charge is -2.33. The quantitative estimate of drug-likeness (QED) is 0.928. The van der Waals surface area contributed by atoms with Crippen LogP contribution in [0.15, 0.2) is 18.3 Å². The van der Waals surface area contributed by atoms with E-state index in [1.807, 2.05) is 0 Å². The Morgan fingerprint density at radius 2 is 2.25 bits per heavy atom. The van der Waals surface area contributed by atoms with Crippen LogP contribution in [-0.4, -0.2) is 40.2 Å². The van der Waals surface area contributed by atoms with Crippen molar-refractivity contribution in [3.05, 3.63) is 29.6 Å². The molecule has 1 aliphatic rings. The number of aromatic carboxylic acids is 1. The third kappa shape index (κ3) is 3.69. The summed E-state index contributed by atoms with van der Waals surface area (Å²) in [5, 5.41) is 8.84. The number of carboxylic acids is 1. The molecular formula is C13H15F3N2O2. The highest BCUT2D eigenvalue weighted by Crippen LogP contribution is 2.33. The number of nitrogens with zero attached hydrogens (tertiary/aromatic N) is 2. The molecule has 4 nitrogen and oxygen atoms in total. The number of pyridine rings is 1. The second-order valence-corrected chi connectivity index (χ2v) is 4.97. The molecule has 20 heavy (non-hydrogen) atoms. The van der Waals surface area contributed by atoms with Crippen molar-refractivity contribution < 1.29 is 23.1 Å². The van der Waals surface area contributed by atoms with E-state index in [4.69, 9.17) is 5.11 Å². The van der Waals surface area contributed by atoms with Crippen LogP contribution in [0.1, 0.15) is 28.9 Å². The lowest BCUT2D eigenvalue weighted by atomic mass is 9.97. The molecule has 1 atom stereocenters. The second kappa shape index (κ2) is 5.78. The zero-order valence-electron chi connectivity index (χ0n) is 10.7. The number of hydrogen-bond donors (Lipinski definition) is 1. The van der Waals surface area contributed by atoms with E-state index in [0.717, 1.165) is 0 Å². The molecule has 1 saturated heterocycles. The summed E-state index contributed by atoms with van der Waals surface area (Å²) in [4.78, 5) is 16.2. The van der Waals surface area contributed by atoms with Crippen molar-refractivity contribution in [3.8, 4) is 0 Å². The van der Waals surface area contributed by atoms with Gasteiger partial charge in [0.1, 0.15) is 5.69 Å². The molecule has 2 heterocycles. The fourth-order valence-electron chi connectivity index (χ4n) is 2.41. The van der Waals surface area contributed by atoms with E-state index >= 15 is 0 Å². The number of hydrogen-bond acceptors (Lipinski definition) is 3. The van der Waals surface area contributed by atoms with Gasteiger partial charge in [-0.15, -0.1) is 0 Å². The normalized spacial score (nSPS) is 20.9. The van der Waals surface area contributed by atoms with Crippen LogP contribution in [0.4, 0.5) is 13.2 Å². The Morgan fingerprint density at radius 1 is 1.50 bits per heavy atom. The fraction of sp³-hybridized carbons (Fsp3) is 0.538. The third-order valence-electron chi connectivity index (χ3n) is 3.42. The minimum Gasteiger partial charge on any atom is -0.477 e. The van der Waals surface area contributed by atoms with E-state index in [-0.39, 0.29) is 18.7 Å². The minimum atomic E-state index is -4.16. The molecule has 0 spiro atoms. The average molecular weight is 288 g/mol. The summed E-state index contributed by atoms with van der Waals surface area (Å²) < 4.78 is 38.1. The topological polar surface area (TPSA) is 53.4 Å². The standard InChI is InChI=1S/C13H15F3N2O2/c14-13(15,16)10-2-1-5-18(8-10)7-9-3-4-17-11(6-9)12(19)20/h3-4,6,10H,1-2,5,7-8H2,(H,19,20). The van der Waals surface area contributed by atoms with Crippen LogP contribution in [0.25, 0.3) is 0 Å². The van der Waals surface area contributed by atoms with Crippen molar-refractivity contribution in [1.82, 2.24) is 9.88 Å². The summed E-state index contributed by atoms with van der Waals surface area (Å²) in [6.45, 7) is 0.876. The first-order chi connectivity index (χ1) is 9.36. The molecule has 1 aromatic rings. The van der Waals surface area contributed by atoms with E-state index in [1.54, 1.807) is 11.0 Å². The molecule has 7 heteroatoms. The van der Waals surface area contributed by atoms with Crippen LogP contribution in [0.3, 0.4) is 0 Å². The maximum Gasteiger partial charge on any atom is 0.393 e. The molecule has 0 saturated carbocycles. The van der Waals surface area contributed by atoms with Gasteiger partial charge in [-0.05, 0) is 37.1 Å². The number of carboxylic acid groups (broad SMARTS) is 1. The van der Waals surface area contributed by atoms with E-state index in [0.29, 0.717) is 25.1 Å². The van der Waals surface area contributed by atoms with Gasteiger partial charge < -0.3 is 5.11 Å². The van der Waals surface area contributed by atoms with Crippen molar-refractivity contribution in [2.75, 3.05) is 13.1 Å². The molecule has 1 aromatic heterocycles. The smallest absolute Gasteiger partial charge is 0.393 e. The lowest BCUT2D eigenvalue weighted by molar-refractivity contribution is -0.187. The Balaban J connectivity index is 2.03. The van der Waals surface area contributed by atoms with Gasteiger partial charge in [0.15, 0.2) is 0 Å². The van der Waals surface area contributed by atoms with Crippen LogP contribution < -0.4 is 0 Å². The maximum absolute atomic E-state index is 12.7. The van der Waals surface area contributed by atoms with Crippen LogP contribution in [-0.2, 0) is 6.54 Å². The largest absolute Gasteiger partial charge is 0.477 e. The van der Waals surface area contributed by atoms with Crippen molar-refractivity contribution in [3.63, 3.8) is 0 Å². The molecule has 0 aromatic carbocycles.